The molecule has 3 heteroatoms. The predicted molar refractivity (Wildman–Crippen MR) is 101 cm³/mol. The first-order valence-electron chi connectivity index (χ1n) is 7.62. The van der Waals surface area contributed by atoms with E-state index in [0.717, 1.165) is 0 Å². The Kier molecular flexibility index (Phi) is 5.83. The van der Waals surface area contributed by atoms with E-state index < -0.39 is 0 Å². The van der Waals surface area contributed by atoms with Crippen molar-refractivity contribution in [3.8, 4) is 11.1 Å². The molecule has 0 N–H and O–H groups in total. The standard InChI is InChI=1S/C14H9BS2.2C2H6/c1-2-4-10(5-3-1)15-13-8-16-6-11(13)12-7-17-9-14(12)15;2*1-2/h1-9H;2*1-2H3. The molecule has 0 nitrogen and oxygen atoms in total. The van der Waals surface area contributed by atoms with Crippen molar-refractivity contribution in [3.63, 3.8) is 0 Å². The Balaban J connectivity index is 0.000000374. The minimum atomic E-state index is 0.457. The smallest absolute Gasteiger partial charge is 0.152 e. The quantitative estimate of drug-likeness (QED) is 0.458. The van der Waals surface area contributed by atoms with E-state index in [2.05, 4.69) is 51.9 Å². The summed E-state index contributed by atoms with van der Waals surface area (Å²) in [5, 5.41) is 9.17. The first-order valence-corrected chi connectivity index (χ1v) is 9.51. The SMILES string of the molecule is CC.CC.c1ccc(B2c3cscc3-c3cscc32)cc1. The first-order chi connectivity index (χ1) is 10.4. The van der Waals surface area contributed by atoms with Gasteiger partial charge in [0.15, 0.2) is 0 Å². The molecule has 0 fully saturated rings. The van der Waals surface area contributed by atoms with Gasteiger partial charge in [0.1, 0.15) is 0 Å². The maximum absolute atomic E-state index is 2.30. The van der Waals surface area contributed by atoms with Gasteiger partial charge in [-0.05, 0) is 32.6 Å². The van der Waals surface area contributed by atoms with Crippen molar-refractivity contribution in [2.45, 2.75) is 27.7 Å². The number of benzene rings is 1. The summed E-state index contributed by atoms with van der Waals surface area (Å²) < 4.78 is 0. The molecule has 0 saturated carbocycles. The number of hydrogen-bond acceptors (Lipinski definition) is 2. The third-order valence-electron chi connectivity index (χ3n) is 3.43. The summed E-state index contributed by atoms with van der Waals surface area (Å²) in [6.07, 6.45) is 0. The van der Waals surface area contributed by atoms with Crippen LogP contribution >= 0.6 is 22.7 Å². The second-order valence-corrected chi connectivity index (χ2v) is 5.81. The molecule has 0 radical (unpaired) electrons. The summed E-state index contributed by atoms with van der Waals surface area (Å²) in [6, 6.07) is 10.8. The van der Waals surface area contributed by atoms with Gasteiger partial charge in [-0.3, -0.25) is 0 Å². The van der Waals surface area contributed by atoms with E-state index in [4.69, 9.17) is 0 Å². The Morgan fingerprint density at radius 1 is 0.667 bits per heavy atom. The highest BCUT2D eigenvalue weighted by atomic mass is 32.1. The van der Waals surface area contributed by atoms with Crippen molar-refractivity contribution >= 4 is 45.8 Å². The number of hydrogen-bond donors (Lipinski definition) is 0. The van der Waals surface area contributed by atoms with Crippen LogP contribution in [0.25, 0.3) is 11.1 Å². The van der Waals surface area contributed by atoms with Crippen LogP contribution in [0.1, 0.15) is 27.7 Å². The minimum Gasteiger partial charge on any atom is -0.152 e. The minimum absolute atomic E-state index is 0.457. The summed E-state index contributed by atoms with van der Waals surface area (Å²) in [4.78, 5) is 0. The lowest BCUT2D eigenvalue weighted by Gasteiger charge is -2.07. The Morgan fingerprint density at radius 2 is 1.14 bits per heavy atom. The molecular weight excluding hydrogens is 291 g/mol. The lowest BCUT2D eigenvalue weighted by Crippen LogP contribution is -2.47. The normalized spacial score (nSPS) is 10.8. The van der Waals surface area contributed by atoms with E-state index in [9.17, 15) is 0 Å². The molecule has 0 atom stereocenters. The van der Waals surface area contributed by atoms with Crippen LogP contribution in [0.4, 0.5) is 0 Å². The van der Waals surface area contributed by atoms with Crippen LogP contribution in [0.3, 0.4) is 0 Å². The molecule has 1 aromatic carbocycles. The van der Waals surface area contributed by atoms with Crippen molar-refractivity contribution in [1.29, 1.82) is 0 Å². The third-order valence-corrected chi connectivity index (χ3v) is 4.95. The summed E-state index contributed by atoms with van der Waals surface area (Å²) in [7, 11) is 0. The van der Waals surface area contributed by atoms with E-state index in [-0.39, 0.29) is 0 Å². The van der Waals surface area contributed by atoms with E-state index in [1.807, 2.05) is 50.4 Å². The van der Waals surface area contributed by atoms with Crippen LogP contribution < -0.4 is 16.4 Å². The van der Waals surface area contributed by atoms with Gasteiger partial charge in [-0.1, -0.05) is 74.4 Å². The Morgan fingerprint density at radius 3 is 1.62 bits per heavy atom. The van der Waals surface area contributed by atoms with E-state index in [1.54, 1.807) is 0 Å². The second kappa shape index (κ2) is 7.62. The van der Waals surface area contributed by atoms with Crippen molar-refractivity contribution in [1.82, 2.24) is 0 Å². The highest BCUT2D eigenvalue weighted by Gasteiger charge is 2.34. The Bertz CT molecular complexity index is 627. The summed E-state index contributed by atoms with van der Waals surface area (Å²) in [6.45, 7) is 8.46. The number of thiophene rings is 2. The van der Waals surface area contributed by atoms with E-state index >= 15 is 0 Å². The summed E-state index contributed by atoms with van der Waals surface area (Å²) >= 11 is 3.62. The van der Waals surface area contributed by atoms with Crippen LogP contribution in [0.5, 0.6) is 0 Å². The van der Waals surface area contributed by atoms with Gasteiger partial charge in [-0.25, -0.2) is 0 Å². The van der Waals surface area contributed by atoms with Crippen LogP contribution in [-0.4, -0.2) is 6.71 Å². The molecule has 1 aliphatic heterocycles. The molecule has 0 aliphatic carbocycles. The summed E-state index contributed by atoms with van der Waals surface area (Å²) in [5.74, 6) is 0. The van der Waals surface area contributed by atoms with E-state index in [1.165, 1.54) is 27.5 Å². The Labute approximate surface area is 136 Å². The third kappa shape index (κ3) is 2.85. The fourth-order valence-corrected chi connectivity index (χ4v) is 4.42. The molecule has 21 heavy (non-hydrogen) atoms. The predicted octanol–water partition coefficient (Wildman–Crippen LogP) is 4.36. The highest BCUT2D eigenvalue weighted by Crippen LogP contribution is 2.27. The molecule has 2 aromatic heterocycles. The van der Waals surface area contributed by atoms with Gasteiger partial charge >= 0.3 is 0 Å². The van der Waals surface area contributed by atoms with Gasteiger partial charge in [0.2, 0.25) is 6.71 Å². The van der Waals surface area contributed by atoms with Gasteiger partial charge in [-0.15, -0.1) is 0 Å². The molecule has 0 saturated heterocycles. The number of rotatable bonds is 1. The lowest BCUT2D eigenvalue weighted by molar-refractivity contribution is 1.50. The number of fused-ring (bicyclic) bond motifs is 3. The maximum atomic E-state index is 2.30. The zero-order chi connectivity index (χ0) is 15.2. The van der Waals surface area contributed by atoms with Crippen LogP contribution in [-0.2, 0) is 0 Å². The van der Waals surface area contributed by atoms with Crippen LogP contribution in [0.15, 0.2) is 51.9 Å². The molecule has 3 heterocycles. The van der Waals surface area contributed by atoms with Gasteiger partial charge in [-0.2, -0.15) is 22.7 Å². The average Bonchev–Trinajstić information content (AvgIpc) is 3.25. The van der Waals surface area contributed by atoms with Gasteiger partial charge < -0.3 is 0 Å². The first kappa shape index (κ1) is 16.1. The van der Waals surface area contributed by atoms with Gasteiger partial charge in [0.25, 0.3) is 0 Å². The zero-order valence-corrected chi connectivity index (χ0v) is 14.7. The fourth-order valence-electron chi connectivity index (χ4n) is 2.67. The lowest BCUT2D eigenvalue weighted by atomic mass is 9.40. The molecule has 3 aromatic rings. The van der Waals surface area contributed by atoms with Gasteiger partial charge in [0.05, 0.1) is 0 Å². The molecular formula is C18H21BS2. The average molecular weight is 312 g/mol. The second-order valence-electron chi connectivity index (χ2n) is 4.33. The Hall–Kier alpha value is -1.32. The largest absolute Gasteiger partial charge is 0.244 e. The van der Waals surface area contributed by atoms with Crippen molar-refractivity contribution in [3.05, 3.63) is 51.9 Å². The molecule has 0 unspecified atom stereocenters. The van der Waals surface area contributed by atoms with Crippen molar-refractivity contribution in [2.24, 2.45) is 0 Å². The van der Waals surface area contributed by atoms with Crippen LogP contribution in [0.2, 0.25) is 0 Å². The molecule has 0 amide bonds. The maximum Gasteiger partial charge on any atom is 0.244 e. The topological polar surface area (TPSA) is 0 Å². The molecule has 1 aliphatic rings. The zero-order valence-electron chi connectivity index (χ0n) is 13.1. The van der Waals surface area contributed by atoms with Crippen molar-refractivity contribution < 1.29 is 0 Å². The molecule has 0 spiro atoms. The van der Waals surface area contributed by atoms with E-state index in [0.29, 0.717) is 6.71 Å². The molecule has 108 valence electrons. The fraction of sp³-hybridized carbons (Fsp3) is 0.222. The molecule has 0 bridgehead atoms. The summed E-state index contributed by atoms with van der Waals surface area (Å²) in [5.41, 5.74) is 7.27. The highest BCUT2D eigenvalue weighted by molar-refractivity contribution is 7.15. The van der Waals surface area contributed by atoms with Crippen molar-refractivity contribution in [2.75, 3.05) is 0 Å². The van der Waals surface area contributed by atoms with Gasteiger partial charge in [0, 0.05) is 0 Å². The van der Waals surface area contributed by atoms with Crippen LogP contribution in [0, 0.1) is 0 Å². The molecule has 4 rings (SSSR count). The monoisotopic (exact) mass is 312 g/mol.